The van der Waals surface area contributed by atoms with Gasteiger partial charge >= 0.3 is 0 Å². The number of aromatic nitrogens is 1. The molecule has 0 saturated carbocycles. The molecule has 0 radical (unpaired) electrons. The summed E-state index contributed by atoms with van der Waals surface area (Å²) < 4.78 is 2.24. The maximum Gasteiger partial charge on any atom is 0.0595 e. The fourth-order valence-corrected chi connectivity index (χ4v) is 3.58. The van der Waals surface area contributed by atoms with Crippen molar-refractivity contribution < 1.29 is 0 Å². The van der Waals surface area contributed by atoms with Crippen molar-refractivity contribution in [2.45, 2.75) is 13.5 Å². The number of benzene rings is 3. The molecule has 0 atom stereocenters. The molecule has 3 heteroatoms. The van der Waals surface area contributed by atoms with Gasteiger partial charge in [0.15, 0.2) is 0 Å². The summed E-state index contributed by atoms with van der Waals surface area (Å²) in [5.41, 5.74) is 6.12. The first-order valence-electron chi connectivity index (χ1n) is 8.20. The molecule has 0 amide bonds. The lowest BCUT2D eigenvalue weighted by Crippen LogP contribution is -1.97. The Morgan fingerprint density at radius 3 is 2.48 bits per heavy atom. The molecule has 3 aromatic carbocycles. The van der Waals surface area contributed by atoms with E-state index in [0.717, 1.165) is 12.1 Å². The van der Waals surface area contributed by atoms with Gasteiger partial charge in [0.2, 0.25) is 0 Å². The first kappa shape index (κ1) is 16.3. The van der Waals surface area contributed by atoms with Gasteiger partial charge in [-0.3, -0.25) is 0 Å². The molecule has 0 saturated heterocycles. The monoisotopic (exact) mass is 365 g/mol. The second kappa shape index (κ2) is 6.59. The molecule has 124 valence electrons. The third kappa shape index (κ3) is 3.18. The van der Waals surface area contributed by atoms with Crippen molar-refractivity contribution in [3.8, 4) is 11.1 Å². The summed E-state index contributed by atoms with van der Waals surface area (Å²) in [6.45, 7) is 2.89. The molecule has 0 aliphatic heterocycles. The third-order valence-corrected chi connectivity index (χ3v) is 5.22. The minimum Gasteiger partial charge on any atom is -0.343 e. The summed E-state index contributed by atoms with van der Waals surface area (Å²) in [5.74, 6) is 0. The van der Waals surface area contributed by atoms with E-state index >= 15 is 0 Å². The number of fused-ring (bicyclic) bond motifs is 1. The molecule has 4 aromatic rings. The molecule has 25 heavy (non-hydrogen) atoms. The number of aryl methyl sites for hydroxylation is 1. The van der Waals surface area contributed by atoms with E-state index in [1.807, 2.05) is 18.2 Å². The number of nitrogens with zero attached hydrogens (tertiary/aromatic N) is 1. The van der Waals surface area contributed by atoms with Gasteiger partial charge in [-0.15, -0.1) is 0 Å². The lowest BCUT2D eigenvalue weighted by Gasteiger charge is -2.09. The smallest absolute Gasteiger partial charge is 0.0595 e. The number of hydrogen-bond acceptors (Lipinski definition) is 0. The largest absolute Gasteiger partial charge is 0.343 e. The van der Waals surface area contributed by atoms with Crippen LogP contribution in [0, 0.1) is 6.92 Å². The minimum atomic E-state index is 0.588. The van der Waals surface area contributed by atoms with Gasteiger partial charge < -0.3 is 4.57 Å². The van der Waals surface area contributed by atoms with Gasteiger partial charge in [-0.05, 0) is 47.9 Å². The zero-order valence-corrected chi connectivity index (χ0v) is 15.4. The van der Waals surface area contributed by atoms with E-state index in [1.54, 1.807) is 0 Å². The van der Waals surface area contributed by atoms with Gasteiger partial charge in [0.25, 0.3) is 0 Å². The molecule has 0 bridgehead atoms. The van der Waals surface area contributed by atoms with E-state index in [9.17, 15) is 0 Å². The molecule has 0 spiro atoms. The van der Waals surface area contributed by atoms with E-state index in [0.29, 0.717) is 10.0 Å². The molecular weight excluding hydrogens is 349 g/mol. The molecule has 0 N–H and O–H groups in total. The number of hydrogen-bond donors (Lipinski definition) is 0. The van der Waals surface area contributed by atoms with Gasteiger partial charge in [0.1, 0.15) is 0 Å². The van der Waals surface area contributed by atoms with Crippen LogP contribution in [0.3, 0.4) is 0 Å². The topological polar surface area (TPSA) is 4.93 Å². The molecule has 1 aromatic heterocycles. The van der Waals surface area contributed by atoms with Crippen LogP contribution in [0.15, 0.2) is 72.9 Å². The molecule has 0 aliphatic carbocycles. The Balaban J connectivity index is 1.77. The highest BCUT2D eigenvalue weighted by Crippen LogP contribution is 2.31. The Bertz CT molecular complexity index is 1060. The minimum absolute atomic E-state index is 0.588. The van der Waals surface area contributed by atoms with Crippen LogP contribution in [-0.4, -0.2) is 4.57 Å². The maximum atomic E-state index is 6.15. The Morgan fingerprint density at radius 2 is 1.68 bits per heavy atom. The van der Waals surface area contributed by atoms with Crippen molar-refractivity contribution in [2.75, 3.05) is 0 Å². The summed E-state index contributed by atoms with van der Waals surface area (Å²) >= 11 is 12.2. The molecule has 1 heterocycles. The van der Waals surface area contributed by atoms with Gasteiger partial charge in [-0.2, -0.15) is 0 Å². The number of halogens is 2. The molecule has 0 aliphatic rings. The second-order valence-corrected chi connectivity index (χ2v) is 7.11. The zero-order valence-electron chi connectivity index (χ0n) is 13.8. The van der Waals surface area contributed by atoms with Crippen LogP contribution in [0.1, 0.15) is 11.1 Å². The van der Waals surface area contributed by atoms with Gasteiger partial charge in [-0.25, -0.2) is 0 Å². The SMILES string of the molecule is Cc1cccc(-c2cccc3c2ccn3Cc2ccc(Cl)c(Cl)c2)c1. The Hall–Kier alpha value is -2.22. The Labute approximate surface area is 157 Å². The van der Waals surface area contributed by atoms with Crippen LogP contribution in [0.25, 0.3) is 22.0 Å². The molecule has 0 fully saturated rings. The van der Waals surface area contributed by atoms with Gasteiger partial charge in [0, 0.05) is 23.6 Å². The molecule has 4 rings (SSSR count). The standard InChI is InChI=1S/C22H17Cl2N/c1-15-4-2-5-17(12-15)18-6-3-7-22-19(18)10-11-25(22)14-16-8-9-20(23)21(24)13-16/h2-13H,14H2,1H3. The average molecular weight is 366 g/mol. The van der Waals surface area contributed by atoms with E-state index < -0.39 is 0 Å². The Kier molecular flexibility index (Phi) is 4.29. The van der Waals surface area contributed by atoms with Crippen LogP contribution in [-0.2, 0) is 6.54 Å². The summed E-state index contributed by atoms with van der Waals surface area (Å²) in [6, 6.07) is 23.1. The molecular formula is C22H17Cl2N. The molecule has 1 nitrogen and oxygen atoms in total. The van der Waals surface area contributed by atoms with Gasteiger partial charge in [-0.1, -0.05) is 71.2 Å². The van der Waals surface area contributed by atoms with Crippen molar-refractivity contribution in [2.24, 2.45) is 0 Å². The first-order chi connectivity index (χ1) is 12.1. The molecule has 0 unspecified atom stereocenters. The number of rotatable bonds is 3. The summed E-state index contributed by atoms with van der Waals surface area (Å²) in [6.07, 6.45) is 2.13. The average Bonchev–Trinajstić information content (AvgIpc) is 3.01. The lowest BCUT2D eigenvalue weighted by atomic mass is 10.0. The fourth-order valence-electron chi connectivity index (χ4n) is 3.26. The summed E-state index contributed by atoms with van der Waals surface area (Å²) in [5, 5.41) is 2.44. The van der Waals surface area contributed by atoms with Crippen LogP contribution >= 0.6 is 23.2 Å². The van der Waals surface area contributed by atoms with E-state index in [2.05, 4.69) is 66.2 Å². The van der Waals surface area contributed by atoms with Crippen molar-refractivity contribution in [1.29, 1.82) is 0 Å². The third-order valence-electron chi connectivity index (χ3n) is 4.48. The van der Waals surface area contributed by atoms with Crippen LogP contribution < -0.4 is 0 Å². The van der Waals surface area contributed by atoms with E-state index in [-0.39, 0.29) is 0 Å². The maximum absolute atomic E-state index is 6.15. The van der Waals surface area contributed by atoms with Crippen molar-refractivity contribution in [1.82, 2.24) is 4.57 Å². The quantitative estimate of drug-likeness (QED) is 0.369. The summed E-state index contributed by atoms with van der Waals surface area (Å²) in [7, 11) is 0. The second-order valence-electron chi connectivity index (χ2n) is 6.30. The van der Waals surface area contributed by atoms with Gasteiger partial charge in [0.05, 0.1) is 10.0 Å². The van der Waals surface area contributed by atoms with Crippen molar-refractivity contribution >= 4 is 34.1 Å². The van der Waals surface area contributed by atoms with E-state index in [4.69, 9.17) is 23.2 Å². The van der Waals surface area contributed by atoms with Crippen LogP contribution in [0.2, 0.25) is 10.0 Å². The predicted molar refractivity (Wildman–Crippen MR) is 108 cm³/mol. The van der Waals surface area contributed by atoms with Crippen LogP contribution in [0.5, 0.6) is 0 Å². The first-order valence-corrected chi connectivity index (χ1v) is 8.96. The van der Waals surface area contributed by atoms with Crippen LogP contribution in [0.4, 0.5) is 0 Å². The fraction of sp³-hybridized carbons (Fsp3) is 0.0909. The van der Waals surface area contributed by atoms with E-state index in [1.165, 1.54) is 27.6 Å². The van der Waals surface area contributed by atoms with Crippen molar-refractivity contribution in [3.05, 3.63) is 94.1 Å². The predicted octanol–water partition coefficient (Wildman–Crippen LogP) is 6.97. The highest BCUT2D eigenvalue weighted by atomic mass is 35.5. The summed E-state index contributed by atoms with van der Waals surface area (Å²) in [4.78, 5) is 0. The van der Waals surface area contributed by atoms with Crippen molar-refractivity contribution in [3.63, 3.8) is 0 Å². The lowest BCUT2D eigenvalue weighted by molar-refractivity contribution is 0.837. The highest BCUT2D eigenvalue weighted by molar-refractivity contribution is 6.42. The highest BCUT2D eigenvalue weighted by Gasteiger charge is 2.08. The normalized spacial score (nSPS) is 11.2. The zero-order chi connectivity index (χ0) is 17.4. The Morgan fingerprint density at radius 1 is 0.840 bits per heavy atom.